The minimum absolute atomic E-state index is 0.463. The number of anilines is 2. The monoisotopic (exact) mass is 249 g/mol. The Hall–Kier alpha value is -1.36. The standard InChI is InChI=1S/C13H23N5/c1-3-10-4-6-11(7-5-10)16-12-9(2)8-15-13(17-12)18-14/h8,10-11H,3-7,14H2,1-2H3,(H2,15,16,17,18). The van der Waals surface area contributed by atoms with Gasteiger partial charge in [-0.05, 0) is 38.5 Å². The Morgan fingerprint density at radius 2 is 2.06 bits per heavy atom. The molecule has 5 nitrogen and oxygen atoms in total. The summed E-state index contributed by atoms with van der Waals surface area (Å²) in [6, 6.07) is 0.534. The Morgan fingerprint density at radius 1 is 1.33 bits per heavy atom. The Bertz CT molecular complexity index is 385. The Labute approximate surface area is 109 Å². The lowest BCUT2D eigenvalue weighted by molar-refractivity contribution is 0.330. The minimum atomic E-state index is 0.463. The van der Waals surface area contributed by atoms with Gasteiger partial charge in [0.2, 0.25) is 5.95 Å². The quantitative estimate of drug-likeness (QED) is 0.564. The molecule has 5 heteroatoms. The van der Waals surface area contributed by atoms with E-state index in [-0.39, 0.29) is 0 Å². The number of hydrogen-bond acceptors (Lipinski definition) is 5. The first-order valence-electron chi connectivity index (χ1n) is 6.79. The predicted octanol–water partition coefficient (Wildman–Crippen LogP) is 2.45. The highest BCUT2D eigenvalue weighted by Crippen LogP contribution is 2.28. The average Bonchev–Trinajstić information content (AvgIpc) is 2.42. The van der Waals surface area contributed by atoms with E-state index in [2.05, 4.69) is 27.6 Å². The largest absolute Gasteiger partial charge is 0.367 e. The number of nitrogens with two attached hydrogens (primary N) is 1. The van der Waals surface area contributed by atoms with Crippen molar-refractivity contribution >= 4 is 11.8 Å². The van der Waals surface area contributed by atoms with Gasteiger partial charge in [-0.1, -0.05) is 13.3 Å². The van der Waals surface area contributed by atoms with Crippen LogP contribution in [-0.4, -0.2) is 16.0 Å². The van der Waals surface area contributed by atoms with Crippen molar-refractivity contribution in [1.29, 1.82) is 0 Å². The van der Waals surface area contributed by atoms with Crippen LogP contribution < -0.4 is 16.6 Å². The van der Waals surface area contributed by atoms with E-state index in [1.165, 1.54) is 32.1 Å². The first-order chi connectivity index (χ1) is 8.72. The van der Waals surface area contributed by atoms with Gasteiger partial charge in [0.05, 0.1) is 0 Å². The third-order valence-electron chi connectivity index (χ3n) is 3.87. The van der Waals surface area contributed by atoms with Crippen LogP contribution in [0.1, 0.15) is 44.6 Å². The van der Waals surface area contributed by atoms with Crippen molar-refractivity contribution in [2.45, 2.75) is 52.0 Å². The summed E-state index contributed by atoms with van der Waals surface area (Å²) in [7, 11) is 0. The molecule has 1 aliphatic rings. The van der Waals surface area contributed by atoms with Gasteiger partial charge in [-0.25, -0.2) is 10.8 Å². The van der Waals surface area contributed by atoms with Crippen molar-refractivity contribution in [3.8, 4) is 0 Å². The smallest absolute Gasteiger partial charge is 0.239 e. The molecule has 1 aromatic rings. The van der Waals surface area contributed by atoms with Crippen LogP contribution >= 0.6 is 0 Å². The van der Waals surface area contributed by atoms with Crippen molar-refractivity contribution in [2.24, 2.45) is 11.8 Å². The molecule has 1 heterocycles. The summed E-state index contributed by atoms with van der Waals surface area (Å²) in [6.07, 6.45) is 8.20. The maximum absolute atomic E-state index is 5.34. The lowest BCUT2D eigenvalue weighted by atomic mass is 9.84. The number of nitrogens with zero attached hydrogens (tertiary/aromatic N) is 2. The molecule has 0 aliphatic heterocycles. The molecular weight excluding hydrogens is 226 g/mol. The fourth-order valence-corrected chi connectivity index (χ4v) is 2.57. The van der Waals surface area contributed by atoms with Crippen molar-refractivity contribution in [1.82, 2.24) is 9.97 Å². The van der Waals surface area contributed by atoms with Gasteiger partial charge < -0.3 is 5.32 Å². The number of aromatic nitrogens is 2. The normalized spacial score (nSPS) is 23.7. The van der Waals surface area contributed by atoms with Crippen molar-refractivity contribution in [3.05, 3.63) is 11.8 Å². The Kier molecular flexibility index (Phi) is 4.36. The van der Waals surface area contributed by atoms with Crippen LogP contribution in [0.4, 0.5) is 11.8 Å². The third-order valence-corrected chi connectivity index (χ3v) is 3.87. The van der Waals surface area contributed by atoms with E-state index >= 15 is 0 Å². The molecule has 1 aromatic heterocycles. The molecular formula is C13H23N5. The molecule has 0 unspecified atom stereocenters. The molecule has 18 heavy (non-hydrogen) atoms. The number of hydrazine groups is 1. The fourth-order valence-electron chi connectivity index (χ4n) is 2.57. The van der Waals surface area contributed by atoms with Gasteiger partial charge in [-0.15, -0.1) is 0 Å². The maximum atomic E-state index is 5.34. The second kappa shape index (κ2) is 6.00. The molecule has 0 saturated heterocycles. The van der Waals surface area contributed by atoms with E-state index in [4.69, 9.17) is 5.84 Å². The number of rotatable bonds is 4. The minimum Gasteiger partial charge on any atom is -0.367 e. The van der Waals surface area contributed by atoms with Crippen LogP contribution in [0.5, 0.6) is 0 Å². The van der Waals surface area contributed by atoms with Crippen molar-refractivity contribution < 1.29 is 0 Å². The summed E-state index contributed by atoms with van der Waals surface area (Å²) in [4.78, 5) is 8.45. The van der Waals surface area contributed by atoms with Crippen LogP contribution in [0.15, 0.2) is 6.20 Å². The molecule has 4 N–H and O–H groups in total. The Morgan fingerprint density at radius 3 is 2.67 bits per heavy atom. The topological polar surface area (TPSA) is 75.9 Å². The summed E-state index contributed by atoms with van der Waals surface area (Å²) in [5, 5.41) is 3.52. The van der Waals surface area contributed by atoms with Gasteiger partial charge in [0.1, 0.15) is 5.82 Å². The molecule has 1 aliphatic carbocycles. The van der Waals surface area contributed by atoms with E-state index in [1.54, 1.807) is 6.20 Å². The molecule has 100 valence electrons. The van der Waals surface area contributed by atoms with Crippen LogP contribution in [0.2, 0.25) is 0 Å². The van der Waals surface area contributed by atoms with Gasteiger partial charge in [0, 0.05) is 17.8 Å². The lowest BCUT2D eigenvalue weighted by Crippen LogP contribution is -2.27. The number of nitrogens with one attached hydrogen (secondary N) is 2. The van der Waals surface area contributed by atoms with Gasteiger partial charge in [0.15, 0.2) is 0 Å². The SMILES string of the molecule is CCC1CCC(Nc2nc(NN)ncc2C)CC1. The number of hydrogen-bond donors (Lipinski definition) is 3. The number of nitrogen functional groups attached to an aromatic ring is 1. The molecule has 0 aromatic carbocycles. The van der Waals surface area contributed by atoms with E-state index in [0.717, 1.165) is 17.3 Å². The highest BCUT2D eigenvalue weighted by Gasteiger charge is 2.20. The van der Waals surface area contributed by atoms with Crippen LogP contribution in [0.3, 0.4) is 0 Å². The number of aryl methyl sites for hydroxylation is 1. The molecule has 0 bridgehead atoms. The van der Waals surface area contributed by atoms with Crippen LogP contribution in [0, 0.1) is 12.8 Å². The molecule has 1 fully saturated rings. The first kappa shape index (κ1) is 13.1. The fraction of sp³-hybridized carbons (Fsp3) is 0.692. The molecule has 0 radical (unpaired) electrons. The third kappa shape index (κ3) is 3.10. The molecule has 2 rings (SSSR count). The zero-order chi connectivity index (χ0) is 13.0. The molecule has 0 spiro atoms. The summed E-state index contributed by atoms with van der Waals surface area (Å²) >= 11 is 0. The van der Waals surface area contributed by atoms with E-state index in [9.17, 15) is 0 Å². The van der Waals surface area contributed by atoms with E-state index in [0.29, 0.717) is 12.0 Å². The molecule has 1 saturated carbocycles. The highest BCUT2D eigenvalue weighted by molar-refractivity contribution is 5.46. The maximum Gasteiger partial charge on any atom is 0.239 e. The van der Waals surface area contributed by atoms with Gasteiger partial charge in [0.25, 0.3) is 0 Å². The second-order valence-corrected chi connectivity index (χ2v) is 5.14. The van der Waals surface area contributed by atoms with E-state index < -0.39 is 0 Å². The first-order valence-corrected chi connectivity index (χ1v) is 6.79. The zero-order valence-electron chi connectivity index (χ0n) is 11.2. The van der Waals surface area contributed by atoms with Crippen molar-refractivity contribution in [3.63, 3.8) is 0 Å². The highest BCUT2D eigenvalue weighted by atomic mass is 15.3. The summed E-state index contributed by atoms with van der Waals surface area (Å²) in [6.45, 7) is 4.30. The summed E-state index contributed by atoms with van der Waals surface area (Å²) < 4.78 is 0. The van der Waals surface area contributed by atoms with Crippen LogP contribution in [-0.2, 0) is 0 Å². The van der Waals surface area contributed by atoms with Gasteiger partial charge >= 0.3 is 0 Å². The average molecular weight is 249 g/mol. The Balaban J connectivity index is 1.97. The molecule has 0 amide bonds. The molecule has 0 atom stereocenters. The zero-order valence-corrected chi connectivity index (χ0v) is 11.2. The second-order valence-electron chi connectivity index (χ2n) is 5.14. The van der Waals surface area contributed by atoms with Crippen LogP contribution in [0.25, 0.3) is 0 Å². The summed E-state index contributed by atoms with van der Waals surface area (Å²) in [5.74, 6) is 7.61. The van der Waals surface area contributed by atoms with Crippen molar-refractivity contribution in [2.75, 3.05) is 10.7 Å². The summed E-state index contributed by atoms with van der Waals surface area (Å²) in [5.41, 5.74) is 3.55. The van der Waals surface area contributed by atoms with Gasteiger partial charge in [-0.2, -0.15) is 4.98 Å². The predicted molar refractivity (Wildman–Crippen MR) is 74.2 cm³/mol. The van der Waals surface area contributed by atoms with Gasteiger partial charge in [-0.3, -0.25) is 5.43 Å². The lowest BCUT2D eigenvalue weighted by Gasteiger charge is -2.29. The van der Waals surface area contributed by atoms with E-state index in [1.807, 2.05) is 6.92 Å².